The molecule has 21 heavy (non-hydrogen) atoms. The van der Waals surface area contributed by atoms with E-state index in [-0.39, 0.29) is 17.3 Å². The van der Waals surface area contributed by atoms with Crippen molar-refractivity contribution in [3.8, 4) is 0 Å². The Balaban J connectivity index is 2.10. The maximum Gasteiger partial charge on any atom is 0.416 e. The summed E-state index contributed by atoms with van der Waals surface area (Å²) >= 11 is 0.900. The van der Waals surface area contributed by atoms with Crippen LogP contribution in [-0.4, -0.2) is 22.2 Å². The first-order chi connectivity index (χ1) is 9.75. The summed E-state index contributed by atoms with van der Waals surface area (Å²) in [6.45, 7) is 0. The van der Waals surface area contributed by atoms with Crippen molar-refractivity contribution in [2.75, 3.05) is 5.32 Å². The summed E-state index contributed by atoms with van der Waals surface area (Å²) in [6.07, 6.45) is -4.64. The molecular weight excluding hydrogens is 307 g/mol. The molecule has 0 bridgehead atoms. The van der Waals surface area contributed by atoms with Crippen molar-refractivity contribution in [2.24, 2.45) is 10.7 Å². The zero-order valence-corrected chi connectivity index (χ0v) is 11.3. The molecule has 0 saturated carbocycles. The van der Waals surface area contributed by atoms with Gasteiger partial charge in [-0.15, -0.1) is 0 Å². The molecule has 1 atom stereocenters. The van der Waals surface area contributed by atoms with E-state index in [1.807, 2.05) is 0 Å². The number of amides is 2. The molecule has 3 N–H and O–H groups in total. The Morgan fingerprint density at radius 2 is 2.14 bits per heavy atom. The molecule has 0 radical (unpaired) electrons. The van der Waals surface area contributed by atoms with E-state index in [9.17, 15) is 22.8 Å². The second-order valence-corrected chi connectivity index (χ2v) is 5.45. The number of carbonyl (C=O) groups is 2. The van der Waals surface area contributed by atoms with E-state index in [1.165, 1.54) is 12.1 Å². The number of halogens is 3. The predicted octanol–water partition coefficient (Wildman–Crippen LogP) is 1.99. The van der Waals surface area contributed by atoms with E-state index in [0.29, 0.717) is 0 Å². The first kappa shape index (κ1) is 15.4. The molecule has 9 heteroatoms. The molecule has 1 aromatic rings. The van der Waals surface area contributed by atoms with Crippen LogP contribution < -0.4 is 11.1 Å². The minimum atomic E-state index is -4.49. The van der Waals surface area contributed by atoms with Gasteiger partial charge in [0.1, 0.15) is 5.25 Å². The molecule has 0 aromatic heterocycles. The summed E-state index contributed by atoms with van der Waals surface area (Å²) < 4.78 is 37.7. The van der Waals surface area contributed by atoms with E-state index in [2.05, 4.69) is 10.3 Å². The first-order valence-corrected chi connectivity index (χ1v) is 6.65. The van der Waals surface area contributed by atoms with E-state index in [4.69, 9.17) is 5.73 Å². The van der Waals surface area contributed by atoms with Gasteiger partial charge in [-0.05, 0) is 18.2 Å². The monoisotopic (exact) mass is 317 g/mol. The molecule has 1 heterocycles. The zero-order chi connectivity index (χ0) is 15.6. The van der Waals surface area contributed by atoms with E-state index >= 15 is 0 Å². The molecule has 112 valence electrons. The van der Waals surface area contributed by atoms with E-state index in [0.717, 1.165) is 23.9 Å². The normalized spacial score (nSPS) is 19.1. The van der Waals surface area contributed by atoms with Gasteiger partial charge >= 0.3 is 6.18 Å². The average Bonchev–Trinajstić information content (AvgIpc) is 2.37. The molecular formula is C12H10F3N3O2S. The topological polar surface area (TPSA) is 84.5 Å². The fourth-order valence-electron chi connectivity index (χ4n) is 1.68. The van der Waals surface area contributed by atoms with Crippen molar-refractivity contribution >= 4 is 34.4 Å². The van der Waals surface area contributed by atoms with E-state index < -0.39 is 28.8 Å². The molecule has 2 rings (SSSR count). The highest BCUT2D eigenvalue weighted by Crippen LogP contribution is 2.31. The molecule has 0 unspecified atom stereocenters. The quantitative estimate of drug-likeness (QED) is 0.873. The van der Waals surface area contributed by atoms with Crippen LogP contribution in [0.25, 0.3) is 0 Å². The molecule has 0 spiro atoms. The standard InChI is InChI=1S/C12H10F3N3O2S/c13-12(14,15)6-2-1-3-7(4-6)17-10(20)8-5-9(19)18-11(16)21-8/h1-4,8H,5H2,(H,17,20)(H2,16,18,19)/t8-/m1/s1. The minimum absolute atomic E-state index is 0.00366. The zero-order valence-electron chi connectivity index (χ0n) is 10.5. The molecule has 0 saturated heterocycles. The lowest BCUT2D eigenvalue weighted by Crippen LogP contribution is -2.33. The summed E-state index contributed by atoms with van der Waals surface area (Å²) in [5.41, 5.74) is 4.53. The number of carbonyl (C=O) groups excluding carboxylic acids is 2. The van der Waals surface area contributed by atoms with Gasteiger partial charge in [-0.1, -0.05) is 17.8 Å². The molecule has 1 aliphatic heterocycles. The van der Waals surface area contributed by atoms with Crippen LogP contribution in [0.5, 0.6) is 0 Å². The highest BCUT2D eigenvalue weighted by Gasteiger charge is 2.31. The lowest BCUT2D eigenvalue weighted by molar-refractivity contribution is -0.137. The number of amidine groups is 1. The van der Waals surface area contributed by atoms with Crippen LogP contribution in [0.1, 0.15) is 12.0 Å². The van der Waals surface area contributed by atoms with Crippen molar-refractivity contribution in [1.82, 2.24) is 0 Å². The maximum absolute atomic E-state index is 12.6. The van der Waals surface area contributed by atoms with Crippen molar-refractivity contribution in [3.05, 3.63) is 29.8 Å². The number of thioether (sulfide) groups is 1. The highest BCUT2D eigenvalue weighted by molar-refractivity contribution is 8.15. The smallest absolute Gasteiger partial charge is 0.378 e. The number of anilines is 1. The van der Waals surface area contributed by atoms with Gasteiger partial charge in [0.15, 0.2) is 5.17 Å². The van der Waals surface area contributed by atoms with Crippen LogP contribution in [0.15, 0.2) is 29.3 Å². The minimum Gasteiger partial charge on any atom is -0.378 e. The number of benzene rings is 1. The van der Waals surface area contributed by atoms with Gasteiger partial charge < -0.3 is 11.1 Å². The summed E-state index contributed by atoms with van der Waals surface area (Å²) in [5.74, 6) is -1.12. The summed E-state index contributed by atoms with van der Waals surface area (Å²) in [4.78, 5) is 26.6. The van der Waals surface area contributed by atoms with Crippen molar-refractivity contribution in [2.45, 2.75) is 17.8 Å². The average molecular weight is 317 g/mol. The first-order valence-electron chi connectivity index (χ1n) is 5.77. The molecule has 1 aliphatic rings. The largest absolute Gasteiger partial charge is 0.416 e. The number of rotatable bonds is 2. The SMILES string of the molecule is NC1=NC(=O)C[C@H](C(=O)Nc2cccc(C(F)(F)F)c2)S1. The third-order valence-corrected chi connectivity index (χ3v) is 3.61. The van der Waals surface area contributed by atoms with Gasteiger partial charge in [-0.3, -0.25) is 9.59 Å². The Hall–Kier alpha value is -2.03. The van der Waals surface area contributed by atoms with Gasteiger partial charge in [-0.25, -0.2) is 0 Å². The number of aliphatic imine (C=N–C) groups is 1. The Morgan fingerprint density at radius 3 is 2.76 bits per heavy atom. The second kappa shape index (κ2) is 5.76. The van der Waals surface area contributed by atoms with Gasteiger partial charge in [0, 0.05) is 5.69 Å². The Morgan fingerprint density at radius 1 is 1.43 bits per heavy atom. The van der Waals surface area contributed by atoms with Gasteiger partial charge in [0.2, 0.25) is 11.8 Å². The van der Waals surface area contributed by atoms with Gasteiger partial charge in [-0.2, -0.15) is 18.2 Å². The molecule has 5 nitrogen and oxygen atoms in total. The molecule has 2 amide bonds. The fourth-order valence-corrected chi connectivity index (χ4v) is 2.52. The number of hydrogen-bond donors (Lipinski definition) is 2. The maximum atomic E-state index is 12.6. The third kappa shape index (κ3) is 3.97. The third-order valence-electron chi connectivity index (χ3n) is 2.61. The van der Waals surface area contributed by atoms with Crippen LogP contribution in [0.4, 0.5) is 18.9 Å². The molecule has 1 aromatic carbocycles. The van der Waals surface area contributed by atoms with Crippen LogP contribution in [0.2, 0.25) is 0 Å². The number of alkyl halides is 3. The van der Waals surface area contributed by atoms with Gasteiger partial charge in [0.25, 0.3) is 0 Å². The molecule has 0 fully saturated rings. The summed E-state index contributed by atoms with van der Waals surface area (Å²) in [5, 5.41) is 1.51. The lowest BCUT2D eigenvalue weighted by atomic mass is 10.2. The Bertz CT molecular complexity index is 616. The second-order valence-electron chi connectivity index (χ2n) is 4.22. The van der Waals surface area contributed by atoms with Crippen molar-refractivity contribution < 1.29 is 22.8 Å². The van der Waals surface area contributed by atoms with Crippen LogP contribution in [0.3, 0.4) is 0 Å². The summed E-state index contributed by atoms with van der Waals surface area (Å²) in [6, 6.07) is 4.25. The number of nitrogens with one attached hydrogen (secondary N) is 1. The van der Waals surface area contributed by atoms with E-state index in [1.54, 1.807) is 0 Å². The number of nitrogens with zero attached hydrogens (tertiary/aromatic N) is 1. The number of hydrogen-bond acceptors (Lipinski definition) is 4. The van der Waals surface area contributed by atoms with Crippen molar-refractivity contribution in [1.29, 1.82) is 0 Å². The van der Waals surface area contributed by atoms with Gasteiger partial charge in [0.05, 0.1) is 12.0 Å². The Labute approximate surface area is 121 Å². The van der Waals surface area contributed by atoms with Crippen LogP contribution >= 0.6 is 11.8 Å². The molecule has 0 aliphatic carbocycles. The lowest BCUT2D eigenvalue weighted by Gasteiger charge is -2.18. The fraction of sp³-hybridized carbons (Fsp3) is 0.250. The number of nitrogens with two attached hydrogens (primary N) is 1. The Kier molecular flexibility index (Phi) is 4.21. The van der Waals surface area contributed by atoms with Crippen LogP contribution in [-0.2, 0) is 15.8 Å². The van der Waals surface area contributed by atoms with Crippen molar-refractivity contribution in [3.63, 3.8) is 0 Å². The highest BCUT2D eigenvalue weighted by atomic mass is 32.2. The van der Waals surface area contributed by atoms with Crippen LogP contribution in [0, 0.1) is 0 Å². The predicted molar refractivity (Wildman–Crippen MR) is 72.7 cm³/mol. The summed E-state index contributed by atoms with van der Waals surface area (Å²) in [7, 11) is 0.